The first-order valence-electron chi connectivity index (χ1n) is 9.66. The summed E-state index contributed by atoms with van der Waals surface area (Å²) in [5.41, 5.74) is 0.240. The van der Waals surface area contributed by atoms with Crippen LogP contribution in [0.25, 0.3) is 0 Å². The normalized spacial score (nSPS) is 20.6. The molecule has 2 aromatic carbocycles. The van der Waals surface area contributed by atoms with Crippen molar-refractivity contribution in [2.75, 3.05) is 31.6 Å². The Morgan fingerprint density at radius 3 is 2.34 bits per heavy atom. The summed E-state index contributed by atoms with van der Waals surface area (Å²) in [7, 11) is 0. The van der Waals surface area contributed by atoms with Crippen LogP contribution in [-0.4, -0.2) is 43.0 Å². The highest BCUT2D eigenvalue weighted by Crippen LogP contribution is 2.45. The molecule has 2 heterocycles. The van der Waals surface area contributed by atoms with Gasteiger partial charge in [0, 0.05) is 49.0 Å². The number of nitrogens with one attached hydrogen (secondary N) is 1. The van der Waals surface area contributed by atoms with Gasteiger partial charge in [-0.2, -0.15) is 0 Å². The van der Waals surface area contributed by atoms with Gasteiger partial charge in [-0.15, -0.1) is 0 Å². The summed E-state index contributed by atoms with van der Waals surface area (Å²) in [6.45, 7) is 1.60. The fraction of sp³-hybridized carbons (Fsp3) is 0.364. The highest BCUT2D eigenvalue weighted by atomic mass is 19.1. The van der Waals surface area contributed by atoms with E-state index >= 15 is 0 Å². The molecule has 2 amide bonds. The van der Waals surface area contributed by atoms with Crippen LogP contribution in [0.2, 0.25) is 0 Å². The smallest absolute Gasteiger partial charge is 0.254 e. The number of hydrogen-bond donors (Lipinski definition) is 1. The number of carbonyl (C=O) groups excluding carboxylic acids is 2. The van der Waals surface area contributed by atoms with Gasteiger partial charge in [-0.05, 0) is 37.1 Å². The molecule has 2 aliphatic heterocycles. The van der Waals surface area contributed by atoms with Gasteiger partial charge in [0.1, 0.15) is 11.6 Å². The molecule has 2 aromatic rings. The first-order chi connectivity index (χ1) is 14.0. The maximum Gasteiger partial charge on any atom is 0.254 e. The van der Waals surface area contributed by atoms with Crippen molar-refractivity contribution < 1.29 is 23.1 Å². The third kappa shape index (κ3) is 4.00. The Morgan fingerprint density at radius 1 is 1.03 bits per heavy atom. The van der Waals surface area contributed by atoms with Gasteiger partial charge in [0.15, 0.2) is 0 Å². The van der Waals surface area contributed by atoms with Gasteiger partial charge in [0.05, 0.1) is 5.92 Å². The number of ether oxygens (including phenoxy) is 1. The fourth-order valence-electron chi connectivity index (χ4n) is 4.38. The Kier molecular flexibility index (Phi) is 5.32. The Labute approximate surface area is 167 Å². The van der Waals surface area contributed by atoms with Crippen molar-refractivity contribution in [1.29, 1.82) is 0 Å². The van der Waals surface area contributed by atoms with Gasteiger partial charge in [-0.1, -0.05) is 18.2 Å². The number of halogens is 2. The lowest BCUT2D eigenvalue weighted by atomic mass is 9.71. The van der Waals surface area contributed by atoms with E-state index in [1.165, 1.54) is 4.90 Å². The van der Waals surface area contributed by atoms with E-state index in [2.05, 4.69) is 5.32 Å². The SMILES string of the molecule is O=C(Nc1ccccc1)[C@@H]1CN(C(=O)c2cc(F)cc(F)c2)CC12CCOCC2. The van der Waals surface area contributed by atoms with Crippen molar-refractivity contribution in [3.63, 3.8) is 0 Å². The van der Waals surface area contributed by atoms with Crippen LogP contribution < -0.4 is 5.32 Å². The van der Waals surface area contributed by atoms with Crippen molar-refractivity contribution in [1.82, 2.24) is 4.90 Å². The molecular weight excluding hydrogens is 378 g/mol. The van der Waals surface area contributed by atoms with Gasteiger partial charge in [0.2, 0.25) is 5.91 Å². The number of para-hydroxylation sites is 1. The molecule has 0 radical (unpaired) electrons. The number of likely N-dealkylation sites (tertiary alicyclic amines) is 1. The summed E-state index contributed by atoms with van der Waals surface area (Å²) >= 11 is 0. The molecule has 1 N–H and O–H groups in total. The molecule has 4 rings (SSSR count). The first kappa shape index (κ1) is 19.5. The second kappa shape index (κ2) is 7.91. The molecule has 7 heteroatoms. The molecule has 29 heavy (non-hydrogen) atoms. The van der Waals surface area contributed by atoms with E-state index in [9.17, 15) is 18.4 Å². The minimum Gasteiger partial charge on any atom is -0.381 e. The molecule has 0 aromatic heterocycles. The molecule has 152 valence electrons. The highest BCUT2D eigenvalue weighted by Gasteiger charge is 2.51. The fourth-order valence-corrected chi connectivity index (χ4v) is 4.38. The zero-order valence-electron chi connectivity index (χ0n) is 15.9. The minimum atomic E-state index is -0.799. The Morgan fingerprint density at radius 2 is 1.69 bits per heavy atom. The molecule has 0 unspecified atom stereocenters. The molecule has 1 spiro atoms. The zero-order chi connectivity index (χ0) is 20.4. The quantitative estimate of drug-likeness (QED) is 0.858. The highest BCUT2D eigenvalue weighted by molar-refractivity contribution is 5.97. The van der Waals surface area contributed by atoms with Gasteiger partial charge in [-0.3, -0.25) is 9.59 Å². The summed E-state index contributed by atoms with van der Waals surface area (Å²) in [5, 5.41) is 2.94. The van der Waals surface area contributed by atoms with Crippen molar-refractivity contribution in [2.24, 2.45) is 11.3 Å². The van der Waals surface area contributed by atoms with Gasteiger partial charge < -0.3 is 15.0 Å². The molecular formula is C22H22F2N2O3. The van der Waals surface area contributed by atoms with E-state index in [-0.39, 0.29) is 18.0 Å². The lowest BCUT2D eigenvalue weighted by Crippen LogP contribution is -2.42. The summed E-state index contributed by atoms with van der Waals surface area (Å²) in [6, 6.07) is 11.9. The number of hydrogen-bond acceptors (Lipinski definition) is 3. The number of carbonyl (C=O) groups is 2. The van der Waals surface area contributed by atoms with Crippen LogP contribution >= 0.6 is 0 Å². The number of anilines is 1. The van der Waals surface area contributed by atoms with E-state index in [0.717, 1.165) is 18.2 Å². The molecule has 0 aliphatic carbocycles. The maximum absolute atomic E-state index is 13.6. The molecule has 5 nitrogen and oxygen atoms in total. The Bertz CT molecular complexity index is 893. The Hall–Kier alpha value is -2.80. The average Bonchev–Trinajstić information content (AvgIpc) is 3.06. The van der Waals surface area contributed by atoms with E-state index in [1.807, 2.05) is 30.3 Å². The van der Waals surface area contributed by atoms with E-state index < -0.39 is 28.9 Å². The molecule has 2 saturated heterocycles. The van der Waals surface area contributed by atoms with E-state index in [0.29, 0.717) is 38.3 Å². The van der Waals surface area contributed by atoms with Gasteiger partial charge in [-0.25, -0.2) is 8.78 Å². The van der Waals surface area contributed by atoms with Crippen molar-refractivity contribution >= 4 is 17.5 Å². The lowest BCUT2D eigenvalue weighted by molar-refractivity contribution is -0.124. The van der Waals surface area contributed by atoms with Crippen LogP contribution in [0.3, 0.4) is 0 Å². The number of nitrogens with zero attached hydrogens (tertiary/aromatic N) is 1. The van der Waals surface area contributed by atoms with Crippen molar-refractivity contribution in [2.45, 2.75) is 12.8 Å². The van der Waals surface area contributed by atoms with Gasteiger partial charge in [0.25, 0.3) is 5.91 Å². The van der Waals surface area contributed by atoms with E-state index in [4.69, 9.17) is 4.74 Å². The lowest BCUT2D eigenvalue weighted by Gasteiger charge is -2.37. The number of amides is 2. The third-order valence-corrected chi connectivity index (χ3v) is 5.89. The molecule has 0 bridgehead atoms. The number of benzene rings is 2. The van der Waals surface area contributed by atoms with Crippen LogP contribution in [0, 0.1) is 23.0 Å². The topological polar surface area (TPSA) is 58.6 Å². The van der Waals surface area contributed by atoms with Crippen LogP contribution in [0.5, 0.6) is 0 Å². The predicted molar refractivity (Wildman–Crippen MR) is 103 cm³/mol. The largest absolute Gasteiger partial charge is 0.381 e. The summed E-state index contributed by atoms with van der Waals surface area (Å²) in [4.78, 5) is 27.6. The monoisotopic (exact) mass is 400 g/mol. The van der Waals surface area contributed by atoms with Crippen molar-refractivity contribution in [3.8, 4) is 0 Å². The molecule has 0 saturated carbocycles. The zero-order valence-corrected chi connectivity index (χ0v) is 15.9. The van der Waals surface area contributed by atoms with Crippen LogP contribution in [0.1, 0.15) is 23.2 Å². The standard InChI is InChI=1S/C22H22F2N2O3/c23-16-10-15(11-17(24)12-16)21(28)26-13-19(22(14-26)6-8-29-9-7-22)20(27)25-18-4-2-1-3-5-18/h1-5,10-12,19H,6-9,13-14H2,(H,25,27)/t19-/m0/s1. The second-order valence-electron chi connectivity index (χ2n) is 7.73. The van der Waals surface area contributed by atoms with E-state index in [1.54, 1.807) is 0 Å². The molecule has 2 fully saturated rings. The molecule has 2 aliphatic rings. The minimum absolute atomic E-state index is 0.0474. The molecule has 1 atom stereocenters. The predicted octanol–water partition coefficient (Wildman–Crippen LogP) is 3.47. The Balaban J connectivity index is 1.58. The summed E-state index contributed by atoms with van der Waals surface area (Å²) in [6.07, 6.45) is 1.31. The van der Waals surface area contributed by atoms with Crippen LogP contribution in [0.15, 0.2) is 48.5 Å². The van der Waals surface area contributed by atoms with Gasteiger partial charge >= 0.3 is 0 Å². The third-order valence-electron chi connectivity index (χ3n) is 5.89. The average molecular weight is 400 g/mol. The second-order valence-corrected chi connectivity index (χ2v) is 7.73. The number of rotatable bonds is 3. The maximum atomic E-state index is 13.6. The van der Waals surface area contributed by atoms with Crippen LogP contribution in [-0.2, 0) is 9.53 Å². The van der Waals surface area contributed by atoms with Crippen molar-refractivity contribution in [3.05, 3.63) is 65.7 Å². The van der Waals surface area contributed by atoms with Crippen LogP contribution in [0.4, 0.5) is 14.5 Å². The summed E-state index contributed by atoms with van der Waals surface area (Å²) in [5.74, 6) is -2.64. The first-order valence-corrected chi connectivity index (χ1v) is 9.66. The summed E-state index contributed by atoms with van der Waals surface area (Å²) < 4.78 is 32.6.